The van der Waals surface area contributed by atoms with Gasteiger partial charge in [0.15, 0.2) is 0 Å². The number of rotatable bonds is 4. The number of ether oxygens (including phenoxy) is 1. The van der Waals surface area contributed by atoms with Crippen molar-refractivity contribution >= 4 is 5.97 Å². The summed E-state index contributed by atoms with van der Waals surface area (Å²) >= 11 is 0. The lowest BCUT2D eigenvalue weighted by molar-refractivity contribution is -0.143. The van der Waals surface area contributed by atoms with Gasteiger partial charge in [0.2, 0.25) is 0 Å². The van der Waals surface area contributed by atoms with Crippen LogP contribution < -0.4 is 11.2 Å². The number of carbonyl (C=O) groups is 1. The minimum absolute atomic E-state index is 0.111. The predicted molar refractivity (Wildman–Crippen MR) is 52.6 cm³/mol. The molecule has 0 fully saturated rings. The average molecular weight is 212 g/mol. The van der Waals surface area contributed by atoms with Crippen LogP contribution in [0.4, 0.5) is 0 Å². The zero-order chi connectivity index (χ0) is 11.3. The van der Waals surface area contributed by atoms with Gasteiger partial charge in [-0.1, -0.05) is 0 Å². The molecular weight excluding hydrogens is 200 g/mol. The average Bonchev–Trinajstić information content (AvgIpc) is 2.17. The number of carbonyl (C=O) groups excluding carboxylic acids is 1. The van der Waals surface area contributed by atoms with Crippen molar-refractivity contribution in [3.05, 3.63) is 33.1 Å². The summed E-state index contributed by atoms with van der Waals surface area (Å²) in [6, 6.07) is 1.23. The van der Waals surface area contributed by atoms with Crippen LogP contribution in [0.25, 0.3) is 0 Å². The summed E-state index contributed by atoms with van der Waals surface area (Å²) in [5.74, 6) is -0.365. The van der Waals surface area contributed by atoms with E-state index in [4.69, 9.17) is 4.74 Å². The zero-order valence-electron chi connectivity index (χ0n) is 8.36. The summed E-state index contributed by atoms with van der Waals surface area (Å²) in [5.41, 5.74) is -0.973. The lowest BCUT2D eigenvalue weighted by Crippen LogP contribution is -2.29. The highest BCUT2D eigenvalue weighted by atomic mass is 16.5. The van der Waals surface area contributed by atoms with Crippen LogP contribution in [-0.4, -0.2) is 22.1 Å². The Kier molecular flexibility index (Phi) is 3.84. The van der Waals surface area contributed by atoms with Gasteiger partial charge >= 0.3 is 11.7 Å². The van der Waals surface area contributed by atoms with Gasteiger partial charge in [-0.15, -0.1) is 0 Å². The Hall–Kier alpha value is -1.85. The molecule has 6 heteroatoms. The fourth-order valence-electron chi connectivity index (χ4n) is 1.07. The van der Waals surface area contributed by atoms with Crippen molar-refractivity contribution in [1.82, 2.24) is 9.55 Å². The van der Waals surface area contributed by atoms with Gasteiger partial charge < -0.3 is 9.30 Å². The fraction of sp³-hybridized carbons (Fsp3) is 0.444. The van der Waals surface area contributed by atoms with Crippen molar-refractivity contribution in [2.45, 2.75) is 19.9 Å². The third-order valence-electron chi connectivity index (χ3n) is 1.76. The molecule has 1 heterocycles. The summed E-state index contributed by atoms with van der Waals surface area (Å²) in [5, 5.41) is 0. The maximum absolute atomic E-state index is 11.2. The van der Waals surface area contributed by atoms with Gasteiger partial charge in [0, 0.05) is 18.8 Å². The minimum atomic E-state index is -0.521. The second-order valence-electron chi connectivity index (χ2n) is 2.86. The molecule has 82 valence electrons. The molecule has 0 spiro atoms. The van der Waals surface area contributed by atoms with E-state index in [2.05, 4.69) is 4.98 Å². The third-order valence-corrected chi connectivity index (χ3v) is 1.76. The molecular formula is C9H12N2O4. The van der Waals surface area contributed by atoms with Crippen molar-refractivity contribution in [2.75, 3.05) is 6.61 Å². The molecule has 0 aliphatic heterocycles. The van der Waals surface area contributed by atoms with Crippen LogP contribution in [0, 0.1) is 0 Å². The molecule has 0 radical (unpaired) electrons. The summed E-state index contributed by atoms with van der Waals surface area (Å²) in [6.07, 6.45) is 1.46. The number of nitrogens with one attached hydrogen (secondary N) is 1. The van der Waals surface area contributed by atoms with Gasteiger partial charge in [-0.3, -0.25) is 14.6 Å². The molecule has 0 aliphatic rings. The van der Waals surface area contributed by atoms with E-state index < -0.39 is 11.2 Å². The summed E-state index contributed by atoms with van der Waals surface area (Å²) in [4.78, 5) is 35.0. The Labute approximate surface area is 85.5 Å². The predicted octanol–water partition coefficient (Wildman–Crippen LogP) is -0.510. The number of esters is 1. The van der Waals surface area contributed by atoms with Crippen LogP contribution >= 0.6 is 0 Å². The SMILES string of the molecule is CCOC(=O)CCn1ccc(=O)[nH]c1=O. The van der Waals surface area contributed by atoms with Crippen LogP contribution in [0.5, 0.6) is 0 Å². The van der Waals surface area contributed by atoms with Crippen molar-refractivity contribution in [2.24, 2.45) is 0 Å². The Morgan fingerprint density at radius 3 is 2.87 bits per heavy atom. The lowest BCUT2D eigenvalue weighted by atomic mass is 10.4. The number of hydrogen-bond acceptors (Lipinski definition) is 4. The van der Waals surface area contributed by atoms with Gasteiger partial charge in [0.05, 0.1) is 13.0 Å². The maximum atomic E-state index is 11.2. The normalized spacial score (nSPS) is 9.93. The van der Waals surface area contributed by atoms with Gasteiger partial charge in [-0.25, -0.2) is 4.79 Å². The van der Waals surface area contributed by atoms with E-state index in [0.29, 0.717) is 6.61 Å². The molecule has 0 bridgehead atoms. The molecule has 0 aliphatic carbocycles. The molecule has 0 unspecified atom stereocenters. The van der Waals surface area contributed by atoms with E-state index in [-0.39, 0.29) is 18.9 Å². The first-order valence-corrected chi connectivity index (χ1v) is 4.59. The number of nitrogens with zero attached hydrogens (tertiary/aromatic N) is 1. The number of hydrogen-bond donors (Lipinski definition) is 1. The van der Waals surface area contributed by atoms with Crippen LogP contribution in [0.1, 0.15) is 13.3 Å². The second kappa shape index (κ2) is 5.14. The molecule has 0 atom stereocenters. The standard InChI is InChI=1S/C9H12N2O4/c1-2-15-8(13)4-6-11-5-3-7(12)10-9(11)14/h3,5H,2,4,6H2,1H3,(H,10,12,14). The summed E-state index contributed by atoms with van der Waals surface area (Å²) < 4.78 is 5.95. The van der Waals surface area contributed by atoms with Gasteiger partial charge in [0.1, 0.15) is 0 Å². The van der Waals surface area contributed by atoms with Gasteiger partial charge in [-0.2, -0.15) is 0 Å². The number of aryl methyl sites for hydroxylation is 1. The molecule has 1 rings (SSSR count). The van der Waals surface area contributed by atoms with E-state index in [1.54, 1.807) is 6.92 Å². The van der Waals surface area contributed by atoms with Crippen LogP contribution in [-0.2, 0) is 16.1 Å². The monoisotopic (exact) mass is 212 g/mol. The summed E-state index contributed by atoms with van der Waals surface area (Å²) in [6.45, 7) is 2.23. The molecule has 0 saturated carbocycles. The minimum Gasteiger partial charge on any atom is -0.466 e. The zero-order valence-corrected chi connectivity index (χ0v) is 8.36. The van der Waals surface area contributed by atoms with Crippen LogP contribution in [0.15, 0.2) is 21.9 Å². The van der Waals surface area contributed by atoms with E-state index in [1.165, 1.54) is 16.8 Å². The fourth-order valence-corrected chi connectivity index (χ4v) is 1.07. The smallest absolute Gasteiger partial charge is 0.328 e. The molecule has 15 heavy (non-hydrogen) atoms. The maximum Gasteiger partial charge on any atom is 0.328 e. The molecule has 1 N–H and O–H groups in total. The number of aromatic nitrogens is 2. The third kappa shape index (κ3) is 3.41. The van der Waals surface area contributed by atoms with Crippen LogP contribution in [0.2, 0.25) is 0 Å². The molecule has 1 aromatic heterocycles. The summed E-state index contributed by atoms with van der Waals surface area (Å²) in [7, 11) is 0. The van der Waals surface area contributed by atoms with E-state index >= 15 is 0 Å². The Balaban J connectivity index is 2.62. The molecule has 1 aromatic rings. The van der Waals surface area contributed by atoms with Crippen molar-refractivity contribution < 1.29 is 9.53 Å². The highest BCUT2D eigenvalue weighted by molar-refractivity contribution is 5.69. The lowest BCUT2D eigenvalue weighted by Gasteiger charge is -2.03. The Bertz CT molecular complexity index is 446. The first-order valence-electron chi connectivity index (χ1n) is 4.59. The topological polar surface area (TPSA) is 81.2 Å². The first kappa shape index (κ1) is 11.2. The first-order chi connectivity index (χ1) is 7.13. The van der Waals surface area contributed by atoms with E-state index in [9.17, 15) is 14.4 Å². The second-order valence-corrected chi connectivity index (χ2v) is 2.86. The van der Waals surface area contributed by atoms with E-state index in [0.717, 1.165) is 0 Å². The van der Waals surface area contributed by atoms with Gasteiger partial charge in [-0.05, 0) is 6.92 Å². The highest BCUT2D eigenvalue weighted by Gasteiger charge is 2.03. The van der Waals surface area contributed by atoms with Gasteiger partial charge in [0.25, 0.3) is 5.56 Å². The largest absolute Gasteiger partial charge is 0.466 e. The van der Waals surface area contributed by atoms with E-state index in [1.807, 2.05) is 0 Å². The highest BCUT2D eigenvalue weighted by Crippen LogP contribution is 1.89. The van der Waals surface area contributed by atoms with Crippen molar-refractivity contribution in [3.8, 4) is 0 Å². The molecule has 0 aromatic carbocycles. The number of aromatic amines is 1. The Morgan fingerprint density at radius 1 is 1.53 bits per heavy atom. The van der Waals surface area contributed by atoms with Crippen LogP contribution in [0.3, 0.4) is 0 Å². The van der Waals surface area contributed by atoms with Crippen molar-refractivity contribution in [1.29, 1.82) is 0 Å². The Morgan fingerprint density at radius 2 is 2.27 bits per heavy atom. The number of H-pyrrole nitrogens is 1. The quantitative estimate of drug-likeness (QED) is 0.681. The molecule has 0 amide bonds. The molecule has 0 saturated heterocycles. The molecule has 6 nitrogen and oxygen atoms in total. The van der Waals surface area contributed by atoms with Crippen molar-refractivity contribution in [3.63, 3.8) is 0 Å².